The second-order valence-corrected chi connectivity index (χ2v) is 7.48. The first-order valence-corrected chi connectivity index (χ1v) is 10.3. The van der Waals surface area contributed by atoms with E-state index in [1.165, 1.54) is 16.0 Å². The Hall–Kier alpha value is -3.35. The van der Waals surface area contributed by atoms with Crippen LogP contribution in [0.2, 0.25) is 0 Å². The molecule has 1 aliphatic heterocycles. The topological polar surface area (TPSA) is 69.5 Å². The third kappa shape index (κ3) is 5.17. The lowest BCUT2D eigenvalue weighted by Crippen LogP contribution is -2.44. The fraction of sp³-hybridized carbons (Fsp3) is 0.348. The number of hydrogen-bond donors (Lipinski definition) is 0. The molecule has 0 radical (unpaired) electrons. The lowest BCUT2D eigenvalue weighted by Gasteiger charge is -2.30. The summed E-state index contributed by atoms with van der Waals surface area (Å²) < 4.78 is 5.55. The van der Waals surface area contributed by atoms with Crippen molar-refractivity contribution in [1.29, 1.82) is 0 Å². The Kier molecular flexibility index (Phi) is 6.27. The standard InChI is InChI=1S/C23H26N4O3/c1-18-4-2-13-24-22(18)10-7-19-5-8-20(9-6-19)29-23(28)26-16-11-21(12-17-26)30-27-15-3-14-25-27/h2-6,8-9,13-15,21H,7,10-12,16-17H2,1H3. The first-order chi connectivity index (χ1) is 14.7. The molecule has 1 aromatic carbocycles. The lowest BCUT2D eigenvalue weighted by atomic mass is 10.1. The molecule has 0 atom stereocenters. The van der Waals surface area contributed by atoms with E-state index in [0.717, 1.165) is 31.4 Å². The van der Waals surface area contributed by atoms with Crippen molar-refractivity contribution < 1.29 is 14.4 Å². The van der Waals surface area contributed by atoms with Gasteiger partial charge in [0.1, 0.15) is 11.9 Å². The van der Waals surface area contributed by atoms with E-state index >= 15 is 0 Å². The monoisotopic (exact) mass is 406 g/mol. The van der Waals surface area contributed by atoms with E-state index in [1.807, 2.05) is 42.6 Å². The molecule has 7 heteroatoms. The molecular weight excluding hydrogens is 380 g/mol. The van der Waals surface area contributed by atoms with Gasteiger partial charge in [0.25, 0.3) is 0 Å². The van der Waals surface area contributed by atoms with Crippen molar-refractivity contribution in [2.24, 2.45) is 0 Å². The smallest absolute Gasteiger partial charge is 0.410 e. The average molecular weight is 406 g/mol. The van der Waals surface area contributed by atoms with Gasteiger partial charge in [-0.05, 0) is 55.2 Å². The Morgan fingerprint density at radius 2 is 1.87 bits per heavy atom. The Morgan fingerprint density at radius 3 is 2.57 bits per heavy atom. The molecule has 1 aliphatic rings. The van der Waals surface area contributed by atoms with Gasteiger partial charge in [0.05, 0.1) is 12.4 Å². The summed E-state index contributed by atoms with van der Waals surface area (Å²) in [7, 11) is 0. The zero-order valence-corrected chi connectivity index (χ0v) is 17.1. The number of piperidine rings is 1. The van der Waals surface area contributed by atoms with Gasteiger partial charge in [-0.15, -0.1) is 9.94 Å². The minimum Gasteiger partial charge on any atom is -0.410 e. The molecule has 156 valence electrons. The summed E-state index contributed by atoms with van der Waals surface area (Å²) in [6.07, 6.45) is 8.30. The van der Waals surface area contributed by atoms with E-state index in [4.69, 9.17) is 9.57 Å². The summed E-state index contributed by atoms with van der Waals surface area (Å²) in [6.45, 7) is 3.29. The maximum absolute atomic E-state index is 12.5. The summed E-state index contributed by atoms with van der Waals surface area (Å²) in [6, 6.07) is 13.6. The van der Waals surface area contributed by atoms with Crippen molar-refractivity contribution in [3.8, 4) is 5.75 Å². The molecular formula is C23H26N4O3. The molecule has 30 heavy (non-hydrogen) atoms. The van der Waals surface area contributed by atoms with Crippen LogP contribution in [0.15, 0.2) is 61.1 Å². The van der Waals surface area contributed by atoms with Crippen molar-refractivity contribution in [1.82, 2.24) is 19.8 Å². The van der Waals surface area contributed by atoms with E-state index in [2.05, 4.69) is 23.1 Å². The van der Waals surface area contributed by atoms with Gasteiger partial charge in [0.2, 0.25) is 0 Å². The molecule has 0 N–H and O–H groups in total. The number of nitrogens with zero attached hydrogens (tertiary/aromatic N) is 4. The molecule has 4 rings (SSSR count). The van der Waals surface area contributed by atoms with Crippen LogP contribution >= 0.6 is 0 Å². The molecule has 3 heterocycles. The number of pyridine rings is 1. The van der Waals surface area contributed by atoms with Crippen LogP contribution < -0.4 is 9.57 Å². The highest BCUT2D eigenvalue weighted by Gasteiger charge is 2.25. The van der Waals surface area contributed by atoms with Crippen LogP contribution in [0, 0.1) is 6.92 Å². The lowest BCUT2D eigenvalue weighted by molar-refractivity contribution is -0.0162. The Morgan fingerprint density at radius 1 is 1.07 bits per heavy atom. The molecule has 1 saturated heterocycles. The van der Waals surface area contributed by atoms with Crippen molar-refractivity contribution in [3.63, 3.8) is 0 Å². The molecule has 2 aromatic heterocycles. The Bertz CT molecular complexity index is 949. The summed E-state index contributed by atoms with van der Waals surface area (Å²) in [5.41, 5.74) is 3.52. The minimum absolute atomic E-state index is 0.0518. The molecule has 3 aromatic rings. The summed E-state index contributed by atoms with van der Waals surface area (Å²) >= 11 is 0. The van der Waals surface area contributed by atoms with E-state index in [0.29, 0.717) is 18.8 Å². The van der Waals surface area contributed by atoms with Crippen molar-refractivity contribution in [2.45, 2.75) is 38.7 Å². The number of aryl methyl sites for hydroxylation is 3. The van der Waals surface area contributed by atoms with Gasteiger partial charge in [0.15, 0.2) is 0 Å². The van der Waals surface area contributed by atoms with E-state index in [1.54, 1.807) is 17.3 Å². The number of carbonyl (C=O) groups is 1. The van der Waals surface area contributed by atoms with Crippen LogP contribution in [-0.2, 0) is 12.8 Å². The summed E-state index contributed by atoms with van der Waals surface area (Å²) in [5, 5.41) is 4.05. The highest BCUT2D eigenvalue weighted by molar-refractivity contribution is 5.70. The number of benzene rings is 1. The van der Waals surface area contributed by atoms with Crippen LogP contribution in [0.5, 0.6) is 5.75 Å². The van der Waals surface area contributed by atoms with Gasteiger partial charge in [0, 0.05) is 37.8 Å². The maximum Gasteiger partial charge on any atom is 0.415 e. The number of aromatic nitrogens is 3. The fourth-order valence-corrected chi connectivity index (χ4v) is 3.55. The number of amides is 1. The third-order valence-corrected chi connectivity index (χ3v) is 5.33. The van der Waals surface area contributed by atoms with Gasteiger partial charge >= 0.3 is 6.09 Å². The summed E-state index contributed by atoms with van der Waals surface area (Å²) in [5.74, 6) is 0.563. The van der Waals surface area contributed by atoms with Crippen LogP contribution in [0.25, 0.3) is 0 Å². The predicted octanol–water partition coefficient (Wildman–Crippen LogP) is 3.46. The van der Waals surface area contributed by atoms with Crippen LogP contribution in [0.4, 0.5) is 4.79 Å². The second-order valence-electron chi connectivity index (χ2n) is 7.48. The first-order valence-electron chi connectivity index (χ1n) is 10.3. The fourth-order valence-electron chi connectivity index (χ4n) is 3.55. The van der Waals surface area contributed by atoms with E-state index in [9.17, 15) is 4.79 Å². The molecule has 0 bridgehead atoms. The highest BCUT2D eigenvalue weighted by Crippen LogP contribution is 2.18. The number of likely N-dealkylation sites (tertiary alicyclic amines) is 1. The molecule has 1 amide bonds. The largest absolute Gasteiger partial charge is 0.415 e. The molecule has 0 unspecified atom stereocenters. The second kappa shape index (κ2) is 9.43. The van der Waals surface area contributed by atoms with Crippen LogP contribution in [0.1, 0.15) is 29.7 Å². The van der Waals surface area contributed by atoms with Crippen molar-refractivity contribution >= 4 is 6.09 Å². The van der Waals surface area contributed by atoms with E-state index in [-0.39, 0.29) is 12.2 Å². The first kappa shape index (κ1) is 19.9. The van der Waals surface area contributed by atoms with Gasteiger partial charge in [-0.2, -0.15) is 0 Å². The number of carbonyl (C=O) groups excluding carboxylic acids is 1. The van der Waals surface area contributed by atoms with Gasteiger partial charge < -0.3 is 14.5 Å². The molecule has 1 fully saturated rings. The zero-order valence-electron chi connectivity index (χ0n) is 17.1. The molecule has 0 spiro atoms. The summed E-state index contributed by atoms with van der Waals surface area (Å²) in [4.78, 5) is 25.8. The van der Waals surface area contributed by atoms with E-state index < -0.39 is 0 Å². The van der Waals surface area contributed by atoms with Gasteiger partial charge in [-0.1, -0.05) is 18.2 Å². The molecule has 7 nitrogen and oxygen atoms in total. The Balaban J connectivity index is 1.23. The molecule has 0 aliphatic carbocycles. The zero-order chi connectivity index (χ0) is 20.8. The highest BCUT2D eigenvalue weighted by atomic mass is 16.7. The minimum atomic E-state index is -0.315. The maximum atomic E-state index is 12.5. The van der Waals surface area contributed by atoms with Crippen molar-refractivity contribution in [2.75, 3.05) is 13.1 Å². The third-order valence-electron chi connectivity index (χ3n) is 5.33. The van der Waals surface area contributed by atoms with Crippen LogP contribution in [0.3, 0.4) is 0 Å². The predicted molar refractivity (Wildman–Crippen MR) is 112 cm³/mol. The van der Waals surface area contributed by atoms with Crippen LogP contribution in [-0.4, -0.2) is 45.1 Å². The molecule has 0 saturated carbocycles. The normalized spacial score (nSPS) is 14.5. The van der Waals surface area contributed by atoms with Crippen molar-refractivity contribution in [3.05, 3.63) is 77.9 Å². The number of rotatable bonds is 6. The number of ether oxygens (including phenoxy) is 1. The van der Waals surface area contributed by atoms with Gasteiger partial charge in [-0.3, -0.25) is 4.98 Å². The average Bonchev–Trinajstić information content (AvgIpc) is 3.28. The SMILES string of the molecule is Cc1cccnc1CCc1ccc(OC(=O)N2CCC(On3cccn3)CC2)cc1. The van der Waals surface area contributed by atoms with Gasteiger partial charge in [-0.25, -0.2) is 4.79 Å². The number of hydrogen-bond acceptors (Lipinski definition) is 5. The Labute approximate surface area is 176 Å². The quantitative estimate of drug-likeness (QED) is 0.627.